The van der Waals surface area contributed by atoms with E-state index < -0.39 is 67.3 Å². The zero-order valence-corrected chi connectivity index (χ0v) is 47.9. The Balaban J connectivity index is 2.73. The Morgan fingerprint density at radius 1 is 0.442 bits per heavy atom. The second-order valence-corrected chi connectivity index (χ2v) is 19.9. The summed E-state index contributed by atoms with van der Waals surface area (Å²) in [5.74, 6) is -3.21. The van der Waals surface area contributed by atoms with E-state index in [9.17, 15) is 34.5 Å². The number of aliphatic hydroxyl groups excluding tert-OH is 2. The summed E-state index contributed by atoms with van der Waals surface area (Å²) in [4.78, 5) is 51.1. The highest BCUT2D eigenvalue weighted by atomic mass is 16.7. The van der Waals surface area contributed by atoms with Gasteiger partial charge >= 0.3 is 23.9 Å². The number of hydrogen-bond acceptors (Lipinski definition) is 11. The molecule has 1 saturated heterocycles. The molecule has 1 rings (SSSR count). The topological polar surface area (TPSA) is 175 Å². The smallest absolute Gasteiger partial charge is 0.335 e. The number of carbonyl (C=O) groups is 4. The van der Waals surface area contributed by atoms with E-state index in [0.29, 0.717) is 19.3 Å². The van der Waals surface area contributed by atoms with Crippen molar-refractivity contribution in [1.82, 2.24) is 0 Å². The van der Waals surface area contributed by atoms with Gasteiger partial charge in [0.05, 0.1) is 6.61 Å². The number of hydrogen-bond donors (Lipinski definition) is 3. The minimum absolute atomic E-state index is 0.0166. The number of rotatable bonds is 49. The summed E-state index contributed by atoms with van der Waals surface area (Å²) in [5.41, 5.74) is 0. The molecule has 436 valence electrons. The third-order valence-corrected chi connectivity index (χ3v) is 12.8. The molecule has 0 saturated carbocycles. The molecule has 1 fully saturated rings. The number of carboxylic acids is 1. The maximum absolute atomic E-state index is 13.2. The van der Waals surface area contributed by atoms with Gasteiger partial charge in [-0.05, 0) is 122 Å². The summed E-state index contributed by atoms with van der Waals surface area (Å²) in [6.07, 6.45) is 57.7. The van der Waals surface area contributed by atoms with Crippen LogP contribution in [0.5, 0.6) is 0 Å². The van der Waals surface area contributed by atoms with Crippen LogP contribution in [0.1, 0.15) is 226 Å². The first-order valence-corrected chi connectivity index (χ1v) is 29.9. The normalized spacial score (nSPS) is 18.8. The molecule has 0 spiro atoms. The molecule has 0 amide bonds. The standard InChI is InChI=1S/C65H104O12/c1-4-7-10-13-16-19-22-25-27-29-31-34-36-39-42-45-48-51-57(66)73-54-56(75-58(67)52-49-46-43-40-38-35-32-30-28-26-23-20-17-14-11-8-5-2)55-74-65-63(61(70)60(69)62(77-65)64(71)72)76-59(68)53-50-47-44-41-37-33-24-21-18-15-12-9-6-3/h7,9-10,12,16-21,25-28,31,33-34,37,56,60-63,65,69-70H,4-6,8,11,13-15,22-24,29-30,32,35-36,38-55H2,1-3H3,(H,71,72)/b10-7-,12-9-,19-16-,20-17-,21-18-,27-25-,28-26-,34-31-,37-33-. The van der Waals surface area contributed by atoms with Crippen LogP contribution < -0.4 is 0 Å². The van der Waals surface area contributed by atoms with Gasteiger partial charge in [-0.1, -0.05) is 194 Å². The van der Waals surface area contributed by atoms with Crippen molar-refractivity contribution in [2.75, 3.05) is 13.2 Å². The Kier molecular flexibility index (Phi) is 47.6. The van der Waals surface area contributed by atoms with Crippen LogP contribution in [0.25, 0.3) is 0 Å². The lowest BCUT2D eigenvalue weighted by Gasteiger charge is -2.40. The highest BCUT2D eigenvalue weighted by molar-refractivity contribution is 5.74. The summed E-state index contributed by atoms with van der Waals surface area (Å²) in [6.45, 7) is 5.69. The molecule has 1 aliphatic rings. The second kappa shape index (κ2) is 52.1. The lowest BCUT2D eigenvalue weighted by molar-refractivity contribution is -0.301. The van der Waals surface area contributed by atoms with Gasteiger partial charge in [0.15, 0.2) is 24.6 Å². The van der Waals surface area contributed by atoms with Gasteiger partial charge in [-0.25, -0.2) is 4.79 Å². The molecule has 77 heavy (non-hydrogen) atoms. The zero-order chi connectivity index (χ0) is 56.1. The molecule has 3 N–H and O–H groups in total. The largest absolute Gasteiger partial charge is 0.479 e. The Hall–Kier alpha value is -4.62. The van der Waals surface area contributed by atoms with Gasteiger partial charge in [-0.2, -0.15) is 0 Å². The Labute approximate surface area is 465 Å². The Bertz CT molecular complexity index is 1750. The monoisotopic (exact) mass is 1080 g/mol. The number of aliphatic carboxylic acids is 1. The van der Waals surface area contributed by atoms with E-state index in [0.717, 1.165) is 148 Å². The molecule has 6 unspecified atom stereocenters. The van der Waals surface area contributed by atoms with Gasteiger partial charge in [0.25, 0.3) is 0 Å². The SMILES string of the molecule is CC/C=C\C/C=C\C/C=C\C/C=C\CCCCCCC(=O)OCC(COC1OC(C(=O)O)C(O)C(O)C1OC(=O)CCCCC/C=C\C/C=C\C/C=C\CC)OC(=O)CCCCCCCCC/C=C\C/C=C\CCCCC. The van der Waals surface area contributed by atoms with E-state index in [1.54, 1.807) is 0 Å². The third-order valence-electron chi connectivity index (χ3n) is 12.8. The van der Waals surface area contributed by atoms with Gasteiger partial charge < -0.3 is 39.0 Å². The van der Waals surface area contributed by atoms with E-state index in [-0.39, 0.29) is 25.9 Å². The quantitative estimate of drug-likeness (QED) is 0.0228. The molecule has 1 aliphatic heterocycles. The van der Waals surface area contributed by atoms with Crippen molar-refractivity contribution in [1.29, 1.82) is 0 Å². The number of unbranched alkanes of at least 4 members (excludes halogenated alkanes) is 17. The molecule has 1 heterocycles. The first-order chi connectivity index (χ1) is 37.6. The van der Waals surface area contributed by atoms with Crippen molar-refractivity contribution >= 4 is 23.9 Å². The molecule has 0 aliphatic carbocycles. The van der Waals surface area contributed by atoms with Gasteiger partial charge in [0.1, 0.15) is 18.8 Å². The maximum Gasteiger partial charge on any atom is 0.335 e. The van der Waals surface area contributed by atoms with Crippen LogP contribution in [0.15, 0.2) is 109 Å². The highest BCUT2D eigenvalue weighted by Gasteiger charge is 2.50. The van der Waals surface area contributed by atoms with Crippen LogP contribution >= 0.6 is 0 Å². The molecule has 6 atom stereocenters. The Morgan fingerprint density at radius 2 is 0.818 bits per heavy atom. The molecule has 0 bridgehead atoms. The Morgan fingerprint density at radius 3 is 1.26 bits per heavy atom. The fourth-order valence-electron chi connectivity index (χ4n) is 8.28. The van der Waals surface area contributed by atoms with Crippen molar-refractivity contribution in [2.45, 2.75) is 263 Å². The van der Waals surface area contributed by atoms with Gasteiger partial charge in [0, 0.05) is 19.3 Å². The summed E-state index contributed by atoms with van der Waals surface area (Å²) < 4.78 is 28.4. The molecular weight excluding hydrogens is 973 g/mol. The van der Waals surface area contributed by atoms with Crippen molar-refractivity contribution < 1.29 is 58.2 Å². The number of esters is 3. The van der Waals surface area contributed by atoms with Crippen LogP contribution in [0, 0.1) is 0 Å². The zero-order valence-electron chi connectivity index (χ0n) is 47.9. The van der Waals surface area contributed by atoms with Crippen LogP contribution in [0.2, 0.25) is 0 Å². The summed E-state index contributed by atoms with van der Waals surface area (Å²) in [5, 5.41) is 31.5. The predicted octanol–water partition coefficient (Wildman–Crippen LogP) is 15.4. The molecule has 0 radical (unpaired) electrons. The first-order valence-electron chi connectivity index (χ1n) is 29.9. The van der Waals surface area contributed by atoms with Crippen molar-refractivity contribution in [3.05, 3.63) is 109 Å². The molecule has 12 heteroatoms. The van der Waals surface area contributed by atoms with Crippen LogP contribution in [-0.2, 0) is 42.9 Å². The van der Waals surface area contributed by atoms with Crippen molar-refractivity contribution in [3.8, 4) is 0 Å². The maximum atomic E-state index is 13.2. The van der Waals surface area contributed by atoms with Crippen molar-refractivity contribution in [3.63, 3.8) is 0 Å². The van der Waals surface area contributed by atoms with Crippen LogP contribution in [0.4, 0.5) is 0 Å². The predicted molar refractivity (Wildman–Crippen MR) is 312 cm³/mol. The fraction of sp³-hybridized carbons (Fsp3) is 0.662. The minimum Gasteiger partial charge on any atom is -0.479 e. The van der Waals surface area contributed by atoms with Gasteiger partial charge in [-0.15, -0.1) is 0 Å². The molecule has 12 nitrogen and oxygen atoms in total. The molecular formula is C65H104O12. The minimum atomic E-state index is -1.92. The summed E-state index contributed by atoms with van der Waals surface area (Å²) in [7, 11) is 0. The number of ether oxygens (including phenoxy) is 5. The number of carbonyl (C=O) groups excluding carboxylic acids is 3. The van der Waals surface area contributed by atoms with E-state index in [4.69, 9.17) is 23.7 Å². The fourth-order valence-corrected chi connectivity index (χ4v) is 8.28. The first kappa shape index (κ1) is 70.4. The second-order valence-electron chi connectivity index (χ2n) is 19.9. The molecule has 0 aromatic rings. The molecule has 0 aromatic carbocycles. The number of carboxylic acid groups (broad SMARTS) is 1. The van der Waals surface area contributed by atoms with E-state index >= 15 is 0 Å². The molecule has 0 aromatic heterocycles. The van der Waals surface area contributed by atoms with Crippen LogP contribution in [-0.4, -0.2) is 89.2 Å². The summed E-state index contributed by atoms with van der Waals surface area (Å²) >= 11 is 0. The summed E-state index contributed by atoms with van der Waals surface area (Å²) in [6, 6.07) is 0. The number of aliphatic hydroxyl groups is 2. The average molecular weight is 1080 g/mol. The lowest BCUT2D eigenvalue weighted by atomic mass is 9.98. The van der Waals surface area contributed by atoms with E-state index in [1.807, 2.05) is 0 Å². The average Bonchev–Trinajstić information content (AvgIpc) is 3.42. The lowest BCUT2D eigenvalue weighted by Crippen LogP contribution is -2.61. The highest BCUT2D eigenvalue weighted by Crippen LogP contribution is 2.26. The van der Waals surface area contributed by atoms with Gasteiger partial charge in [-0.3, -0.25) is 14.4 Å². The number of allylic oxidation sites excluding steroid dienone is 18. The van der Waals surface area contributed by atoms with E-state index in [1.165, 1.54) is 19.3 Å². The van der Waals surface area contributed by atoms with Crippen molar-refractivity contribution in [2.24, 2.45) is 0 Å². The third kappa shape index (κ3) is 42.1. The van der Waals surface area contributed by atoms with Crippen LogP contribution in [0.3, 0.4) is 0 Å². The van der Waals surface area contributed by atoms with E-state index in [2.05, 4.69) is 130 Å². The van der Waals surface area contributed by atoms with Gasteiger partial charge in [0.2, 0.25) is 0 Å².